The van der Waals surface area contributed by atoms with Crippen LogP contribution in [0.25, 0.3) is 0 Å². The molecule has 40 heavy (non-hydrogen) atoms. The van der Waals surface area contributed by atoms with E-state index in [9.17, 15) is 29.4 Å². The van der Waals surface area contributed by atoms with Gasteiger partial charge >= 0.3 is 5.97 Å². The van der Waals surface area contributed by atoms with E-state index in [2.05, 4.69) is 10.2 Å². The Hall–Kier alpha value is -2.55. The minimum Gasteiger partial charge on any atom is -0.456 e. The lowest BCUT2D eigenvalue weighted by Crippen LogP contribution is -2.66. The standard InChI is InChI=1S/C27H37FN2O10/c1-25-12-22(34)27(28)18(4-3-15-11-16(32)7-9-26(15,27)2)17(25)5-6-19(25)21(33)14-39-24(36)20(13-31)29-23(35)8-10-40-30(37)38/h7,9,11,17-20,22,31,34,37-38H,3-6,8,10,12-14H2,1-2H3,(H,29,35)/t17?,18-,19?,20?,22-,25-,26-,27?/m0/s1. The highest BCUT2D eigenvalue weighted by Gasteiger charge is 2.70. The molecule has 0 aromatic carbocycles. The van der Waals surface area contributed by atoms with Crippen molar-refractivity contribution in [1.29, 1.82) is 0 Å². The maximum atomic E-state index is 17.1. The predicted molar refractivity (Wildman–Crippen MR) is 133 cm³/mol. The number of esters is 1. The van der Waals surface area contributed by atoms with Gasteiger partial charge in [0, 0.05) is 17.3 Å². The molecule has 0 bridgehead atoms. The van der Waals surface area contributed by atoms with Crippen LogP contribution in [0.3, 0.4) is 0 Å². The molecule has 5 N–H and O–H groups in total. The Kier molecular flexibility index (Phi) is 8.65. The highest BCUT2D eigenvalue weighted by Crippen LogP contribution is 2.68. The Bertz CT molecular complexity index is 1110. The van der Waals surface area contributed by atoms with E-state index in [1.54, 1.807) is 13.0 Å². The molecule has 8 atom stereocenters. The van der Waals surface area contributed by atoms with Crippen molar-refractivity contribution in [1.82, 2.24) is 10.7 Å². The van der Waals surface area contributed by atoms with Gasteiger partial charge in [0.2, 0.25) is 5.91 Å². The lowest BCUT2D eigenvalue weighted by atomic mass is 9.45. The number of rotatable bonds is 10. The summed E-state index contributed by atoms with van der Waals surface area (Å²) in [4.78, 5) is 53.9. The second-order valence-electron chi connectivity index (χ2n) is 11.7. The van der Waals surface area contributed by atoms with Gasteiger partial charge in [0.1, 0.15) is 6.61 Å². The van der Waals surface area contributed by atoms with Gasteiger partial charge in [-0.15, -0.1) is 0 Å². The first kappa shape index (κ1) is 30.4. The Balaban J connectivity index is 1.40. The highest BCUT2D eigenvalue weighted by molar-refractivity contribution is 6.01. The summed E-state index contributed by atoms with van der Waals surface area (Å²) in [6, 6.07) is -1.45. The topological polar surface area (TPSA) is 183 Å². The molecule has 0 aromatic heterocycles. The van der Waals surface area contributed by atoms with E-state index in [1.807, 2.05) is 6.92 Å². The minimum atomic E-state index is -1.99. The Morgan fingerprint density at radius 3 is 2.60 bits per heavy atom. The molecule has 3 saturated carbocycles. The average Bonchev–Trinajstić information content (AvgIpc) is 3.23. The first-order valence-corrected chi connectivity index (χ1v) is 13.5. The molecule has 4 rings (SSSR count). The van der Waals surface area contributed by atoms with Gasteiger partial charge in [-0.1, -0.05) is 18.6 Å². The van der Waals surface area contributed by atoms with E-state index in [4.69, 9.17) is 15.2 Å². The van der Waals surface area contributed by atoms with Crippen molar-refractivity contribution in [3.05, 3.63) is 23.8 Å². The number of allylic oxidation sites excluding steroid dienone is 4. The van der Waals surface area contributed by atoms with Crippen LogP contribution in [0.15, 0.2) is 23.8 Å². The lowest BCUT2D eigenvalue weighted by Gasteiger charge is -2.62. The predicted octanol–water partition coefficient (Wildman–Crippen LogP) is 0.965. The van der Waals surface area contributed by atoms with Crippen LogP contribution in [0.5, 0.6) is 0 Å². The van der Waals surface area contributed by atoms with Crippen LogP contribution in [0.4, 0.5) is 4.39 Å². The van der Waals surface area contributed by atoms with Crippen LogP contribution < -0.4 is 5.32 Å². The third-order valence-corrected chi connectivity index (χ3v) is 9.72. The van der Waals surface area contributed by atoms with E-state index >= 15 is 4.39 Å². The Morgan fingerprint density at radius 1 is 1.20 bits per heavy atom. The smallest absolute Gasteiger partial charge is 0.331 e. The van der Waals surface area contributed by atoms with Crippen LogP contribution in [-0.4, -0.2) is 87.1 Å². The molecule has 0 saturated heterocycles. The second kappa shape index (κ2) is 11.4. The summed E-state index contributed by atoms with van der Waals surface area (Å²) in [6.07, 6.45) is 4.70. The zero-order chi connectivity index (χ0) is 29.5. The Labute approximate surface area is 230 Å². The van der Waals surface area contributed by atoms with Crippen LogP contribution in [0, 0.1) is 28.6 Å². The molecule has 0 aromatic rings. The number of hydrogen-bond donors (Lipinski definition) is 5. The molecule has 4 aliphatic carbocycles. The first-order valence-electron chi connectivity index (χ1n) is 13.5. The average molecular weight is 569 g/mol. The van der Waals surface area contributed by atoms with Gasteiger partial charge in [-0.05, 0) is 62.5 Å². The maximum absolute atomic E-state index is 17.1. The number of halogens is 1. The van der Waals surface area contributed by atoms with Gasteiger partial charge in [-0.25, -0.2) is 9.18 Å². The van der Waals surface area contributed by atoms with Crippen molar-refractivity contribution in [2.45, 2.75) is 70.2 Å². The molecule has 4 aliphatic rings. The van der Waals surface area contributed by atoms with Crippen molar-refractivity contribution in [3.63, 3.8) is 0 Å². The zero-order valence-corrected chi connectivity index (χ0v) is 22.5. The van der Waals surface area contributed by atoms with Gasteiger partial charge in [0.05, 0.1) is 31.1 Å². The summed E-state index contributed by atoms with van der Waals surface area (Å²) in [5.41, 5.74) is -3.16. The zero-order valence-electron chi connectivity index (χ0n) is 22.5. The molecule has 0 aliphatic heterocycles. The fourth-order valence-electron chi connectivity index (χ4n) is 7.75. The highest BCUT2D eigenvalue weighted by atomic mass is 19.1. The maximum Gasteiger partial charge on any atom is 0.331 e. The number of nitrogens with one attached hydrogen (secondary N) is 1. The molecule has 1 amide bonds. The van der Waals surface area contributed by atoms with Crippen molar-refractivity contribution in [3.8, 4) is 0 Å². The number of alkyl halides is 1. The molecule has 3 fully saturated rings. The van der Waals surface area contributed by atoms with Crippen molar-refractivity contribution in [2.75, 3.05) is 19.8 Å². The van der Waals surface area contributed by atoms with Crippen molar-refractivity contribution >= 4 is 23.4 Å². The number of hydrogen-bond acceptors (Lipinski definition) is 11. The molecular formula is C27H37FN2O10. The summed E-state index contributed by atoms with van der Waals surface area (Å²) < 4.78 is 22.2. The molecule has 0 heterocycles. The van der Waals surface area contributed by atoms with Gasteiger partial charge in [0.25, 0.3) is 0 Å². The van der Waals surface area contributed by atoms with E-state index in [0.717, 1.165) is 0 Å². The van der Waals surface area contributed by atoms with Crippen LogP contribution >= 0.6 is 0 Å². The third-order valence-electron chi connectivity index (χ3n) is 9.72. The largest absolute Gasteiger partial charge is 0.456 e. The first-order chi connectivity index (χ1) is 18.8. The number of ether oxygens (including phenoxy) is 1. The molecule has 222 valence electrons. The number of amides is 1. The van der Waals surface area contributed by atoms with Gasteiger partial charge in [0.15, 0.2) is 23.3 Å². The number of Topliss-reactive ketones (excluding diaryl/α,β-unsaturated/α-hetero) is 1. The normalized spacial score (nSPS) is 37.2. The van der Waals surface area contributed by atoms with E-state index in [1.165, 1.54) is 12.2 Å². The molecule has 4 unspecified atom stereocenters. The van der Waals surface area contributed by atoms with Crippen LogP contribution in [-0.2, 0) is 28.8 Å². The molecule has 0 radical (unpaired) electrons. The number of aliphatic hydroxyl groups excluding tert-OH is 2. The number of carbonyl (C=O) groups excluding carboxylic acids is 4. The van der Waals surface area contributed by atoms with Gasteiger partial charge < -0.3 is 20.3 Å². The SMILES string of the molecule is C[C@]12C[C@H](O)C3(F)[C@@H](CCC4=CC(=O)C=C[C@@]43C)C1CCC2C(=O)COC(=O)C(CO)NC(=O)CCON(O)O. The number of fused-ring (bicyclic) bond motifs is 5. The monoisotopic (exact) mass is 568 g/mol. The quantitative estimate of drug-likeness (QED) is 0.187. The summed E-state index contributed by atoms with van der Waals surface area (Å²) in [5.74, 6) is -3.65. The molecule has 13 heteroatoms. The van der Waals surface area contributed by atoms with Crippen molar-refractivity contribution in [2.24, 2.45) is 28.6 Å². The van der Waals surface area contributed by atoms with Crippen LogP contribution in [0.1, 0.15) is 52.4 Å². The lowest BCUT2D eigenvalue weighted by molar-refractivity contribution is -0.491. The van der Waals surface area contributed by atoms with E-state index in [0.29, 0.717) is 31.3 Å². The number of carbonyl (C=O) groups is 4. The van der Waals surface area contributed by atoms with E-state index in [-0.39, 0.29) is 30.3 Å². The fraction of sp³-hybridized carbons (Fsp3) is 0.704. The van der Waals surface area contributed by atoms with Crippen LogP contribution in [0.2, 0.25) is 0 Å². The molecular weight excluding hydrogens is 531 g/mol. The minimum absolute atomic E-state index is 0.0379. The van der Waals surface area contributed by atoms with E-state index < -0.39 is 77.6 Å². The van der Waals surface area contributed by atoms with Gasteiger partial charge in [-0.2, -0.15) is 0 Å². The summed E-state index contributed by atoms with van der Waals surface area (Å²) in [5, 5.41) is 39.4. The number of ketones is 2. The summed E-state index contributed by atoms with van der Waals surface area (Å²) >= 11 is 0. The second-order valence-corrected chi connectivity index (χ2v) is 11.7. The fourth-order valence-corrected chi connectivity index (χ4v) is 7.75. The molecule has 0 spiro atoms. The van der Waals surface area contributed by atoms with Gasteiger partial charge in [-0.3, -0.25) is 29.6 Å². The third kappa shape index (κ3) is 5.14. The summed E-state index contributed by atoms with van der Waals surface area (Å²) in [6.45, 7) is 1.79. The number of aliphatic hydroxyl groups is 2. The summed E-state index contributed by atoms with van der Waals surface area (Å²) in [7, 11) is 0. The Morgan fingerprint density at radius 2 is 1.93 bits per heavy atom. The van der Waals surface area contributed by atoms with Crippen molar-refractivity contribution < 1.29 is 53.8 Å². The molecule has 12 nitrogen and oxygen atoms in total. The number of nitrogens with zero attached hydrogens (tertiary/aromatic N) is 1.